The maximum atomic E-state index is 12.0. The second-order valence-electron chi connectivity index (χ2n) is 4.89. The Morgan fingerprint density at radius 3 is 2.65 bits per heavy atom. The van der Waals surface area contributed by atoms with E-state index in [1.54, 1.807) is 4.90 Å². The first-order chi connectivity index (χ1) is 9.56. The lowest BCUT2D eigenvalue weighted by atomic mass is 9.97. The average molecular weight is 341 g/mol. The Balaban J connectivity index is 1.80. The fourth-order valence-corrected chi connectivity index (χ4v) is 2.71. The van der Waals surface area contributed by atoms with E-state index < -0.39 is 5.97 Å². The Kier molecular flexibility index (Phi) is 5.00. The van der Waals surface area contributed by atoms with Crippen molar-refractivity contribution in [3.8, 4) is 0 Å². The van der Waals surface area contributed by atoms with Crippen LogP contribution in [-0.2, 0) is 11.3 Å². The number of carbonyl (C=O) groups excluding carboxylic acids is 1. The van der Waals surface area contributed by atoms with Crippen LogP contribution in [-0.4, -0.2) is 35.1 Å². The van der Waals surface area contributed by atoms with E-state index in [1.165, 1.54) is 0 Å². The number of amides is 2. The zero-order valence-corrected chi connectivity index (χ0v) is 12.6. The van der Waals surface area contributed by atoms with Crippen LogP contribution in [0.2, 0.25) is 0 Å². The highest BCUT2D eigenvalue weighted by Crippen LogP contribution is 2.17. The van der Waals surface area contributed by atoms with Gasteiger partial charge >= 0.3 is 12.0 Å². The summed E-state index contributed by atoms with van der Waals surface area (Å²) < 4.78 is 0.978. The molecule has 0 atom stereocenters. The number of hydrogen-bond donors (Lipinski definition) is 2. The van der Waals surface area contributed by atoms with Crippen LogP contribution >= 0.6 is 15.9 Å². The second-order valence-corrected chi connectivity index (χ2v) is 5.80. The van der Waals surface area contributed by atoms with Gasteiger partial charge in [-0.1, -0.05) is 28.1 Å². The van der Waals surface area contributed by atoms with Crippen molar-refractivity contribution in [2.75, 3.05) is 13.1 Å². The third kappa shape index (κ3) is 3.96. The lowest BCUT2D eigenvalue weighted by molar-refractivity contribution is -0.143. The van der Waals surface area contributed by atoms with Crippen LogP contribution in [0, 0.1) is 5.92 Å². The standard InChI is InChI=1S/C14H17BrN2O3/c15-12-3-1-2-10(8-12)9-16-14(20)17-6-4-11(5-7-17)13(18)19/h1-3,8,11H,4-7,9H2,(H,16,20)(H,18,19). The molecule has 1 aliphatic rings. The van der Waals surface area contributed by atoms with Gasteiger partial charge < -0.3 is 15.3 Å². The summed E-state index contributed by atoms with van der Waals surface area (Å²) in [5, 5.41) is 11.8. The smallest absolute Gasteiger partial charge is 0.317 e. The molecule has 108 valence electrons. The summed E-state index contributed by atoms with van der Waals surface area (Å²) in [7, 11) is 0. The first-order valence-corrected chi connectivity index (χ1v) is 7.35. The fourth-order valence-electron chi connectivity index (χ4n) is 2.27. The molecule has 0 aromatic heterocycles. The zero-order chi connectivity index (χ0) is 14.5. The predicted octanol–water partition coefficient (Wildman–Crippen LogP) is 2.46. The van der Waals surface area contributed by atoms with E-state index >= 15 is 0 Å². The van der Waals surface area contributed by atoms with Crippen molar-refractivity contribution in [3.63, 3.8) is 0 Å². The van der Waals surface area contributed by atoms with Crippen molar-refractivity contribution in [3.05, 3.63) is 34.3 Å². The van der Waals surface area contributed by atoms with Crippen LogP contribution in [0.1, 0.15) is 18.4 Å². The van der Waals surface area contributed by atoms with Gasteiger partial charge in [-0.2, -0.15) is 0 Å². The van der Waals surface area contributed by atoms with Gasteiger partial charge in [-0.15, -0.1) is 0 Å². The number of carboxylic acids is 1. The highest BCUT2D eigenvalue weighted by atomic mass is 79.9. The number of nitrogens with one attached hydrogen (secondary N) is 1. The monoisotopic (exact) mass is 340 g/mol. The molecule has 0 saturated carbocycles. The Hall–Kier alpha value is -1.56. The molecule has 1 fully saturated rings. The van der Waals surface area contributed by atoms with Gasteiger partial charge in [0.15, 0.2) is 0 Å². The molecule has 2 rings (SSSR count). The largest absolute Gasteiger partial charge is 0.481 e. The topological polar surface area (TPSA) is 69.6 Å². The van der Waals surface area contributed by atoms with Gasteiger partial charge in [0.05, 0.1) is 5.92 Å². The van der Waals surface area contributed by atoms with E-state index in [0.717, 1.165) is 10.0 Å². The highest BCUT2D eigenvalue weighted by molar-refractivity contribution is 9.10. The molecule has 0 spiro atoms. The third-order valence-corrected chi connectivity index (χ3v) is 3.96. The second kappa shape index (κ2) is 6.74. The molecule has 5 nitrogen and oxygen atoms in total. The molecule has 0 unspecified atom stereocenters. The number of hydrogen-bond acceptors (Lipinski definition) is 2. The number of aliphatic carboxylic acids is 1. The lowest BCUT2D eigenvalue weighted by Gasteiger charge is -2.30. The summed E-state index contributed by atoms with van der Waals surface area (Å²) in [6.07, 6.45) is 1.05. The normalized spacial score (nSPS) is 15.9. The molecule has 2 amide bonds. The maximum Gasteiger partial charge on any atom is 0.317 e. The zero-order valence-electron chi connectivity index (χ0n) is 11.0. The van der Waals surface area contributed by atoms with Crippen molar-refractivity contribution in [2.24, 2.45) is 5.92 Å². The molecule has 0 bridgehead atoms. The Bertz CT molecular complexity index is 499. The number of halogens is 1. The molecule has 1 aromatic rings. The van der Waals surface area contributed by atoms with Crippen molar-refractivity contribution in [1.29, 1.82) is 0 Å². The molecular formula is C14H17BrN2O3. The van der Waals surface area contributed by atoms with Crippen molar-refractivity contribution in [2.45, 2.75) is 19.4 Å². The number of carbonyl (C=O) groups is 2. The van der Waals surface area contributed by atoms with E-state index in [9.17, 15) is 9.59 Å². The number of likely N-dealkylation sites (tertiary alicyclic amines) is 1. The van der Waals surface area contributed by atoms with Crippen LogP contribution in [0.15, 0.2) is 28.7 Å². The molecule has 0 radical (unpaired) electrons. The van der Waals surface area contributed by atoms with Gasteiger partial charge in [0, 0.05) is 24.1 Å². The van der Waals surface area contributed by atoms with Gasteiger partial charge in [-0.25, -0.2) is 4.79 Å². The molecule has 1 aromatic carbocycles. The number of urea groups is 1. The summed E-state index contributed by atoms with van der Waals surface area (Å²) in [5.74, 6) is -1.08. The number of rotatable bonds is 3. The number of piperidine rings is 1. The molecule has 1 aliphatic heterocycles. The SMILES string of the molecule is O=C(O)C1CCN(C(=O)NCc2cccc(Br)c2)CC1. The highest BCUT2D eigenvalue weighted by Gasteiger charge is 2.26. The van der Waals surface area contributed by atoms with E-state index in [-0.39, 0.29) is 11.9 Å². The Morgan fingerprint density at radius 2 is 2.05 bits per heavy atom. The summed E-state index contributed by atoms with van der Waals surface area (Å²) in [4.78, 5) is 24.5. The minimum Gasteiger partial charge on any atom is -0.481 e. The van der Waals surface area contributed by atoms with Gasteiger partial charge in [0.2, 0.25) is 0 Å². The summed E-state index contributed by atoms with van der Waals surface area (Å²) >= 11 is 3.39. The van der Waals surface area contributed by atoms with Crippen molar-refractivity contribution >= 4 is 27.9 Å². The van der Waals surface area contributed by atoms with E-state index in [2.05, 4.69) is 21.2 Å². The minimum absolute atomic E-state index is 0.131. The number of carboxylic acid groups (broad SMARTS) is 1. The van der Waals surface area contributed by atoms with Crippen molar-refractivity contribution in [1.82, 2.24) is 10.2 Å². The average Bonchev–Trinajstić information content (AvgIpc) is 2.45. The Morgan fingerprint density at radius 1 is 1.35 bits per heavy atom. The van der Waals surface area contributed by atoms with Gasteiger partial charge in [0.25, 0.3) is 0 Å². The first kappa shape index (κ1) is 14.8. The summed E-state index contributed by atoms with van der Waals surface area (Å²) in [5.41, 5.74) is 1.02. The number of benzene rings is 1. The summed E-state index contributed by atoms with van der Waals surface area (Å²) in [6.45, 7) is 1.47. The van der Waals surface area contributed by atoms with E-state index in [4.69, 9.17) is 5.11 Å². The van der Waals surface area contributed by atoms with Crippen LogP contribution in [0.3, 0.4) is 0 Å². The van der Waals surface area contributed by atoms with Crippen LogP contribution in [0.25, 0.3) is 0 Å². The van der Waals surface area contributed by atoms with Crippen molar-refractivity contribution < 1.29 is 14.7 Å². The molecule has 1 heterocycles. The van der Waals surface area contributed by atoms with Crippen LogP contribution in [0.4, 0.5) is 4.79 Å². The van der Waals surface area contributed by atoms with Crippen LogP contribution in [0.5, 0.6) is 0 Å². The van der Waals surface area contributed by atoms with Gasteiger partial charge in [-0.3, -0.25) is 4.79 Å². The fraction of sp³-hybridized carbons (Fsp3) is 0.429. The minimum atomic E-state index is -0.765. The van der Waals surface area contributed by atoms with E-state index in [0.29, 0.717) is 32.5 Å². The summed E-state index contributed by atoms with van der Waals surface area (Å²) in [6, 6.07) is 7.62. The molecular weight excluding hydrogens is 324 g/mol. The lowest BCUT2D eigenvalue weighted by Crippen LogP contribution is -2.45. The quantitative estimate of drug-likeness (QED) is 0.887. The molecule has 20 heavy (non-hydrogen) atoms. The third-order valence-electron chi connectivity index (χ3n) is 3.46. The Labute approximate surface area is 126 Å². The van der Waals surface area contributed by atoms with Gasteiger partial charge in [0.1, 0.15) is 0 Å². The molecule has 1 saturated heterocycles. The maximum absolute atomic E-state index is 12.0. The number of nitrogens with zero attached hydrogens (tertiary/aromatic N) is 1. The predicted molar refractivity (Wildman–Crippen MR) is 78.3 cm³/mol. The molecule has 6 heteroatoms. The molecule has 2 N–H and O–H groups in total. The molecule has 0 aliphatic carbocycles. The van der Waals surface area contributed by atoms with Crippen LogP contribution < -0.4 is 5.32 Å². The van der Waals surface area contributed by atoms with Gasteiger partial charge in [-0.05, 0) is 30.5 Å². The van der Waals surface area contributed by atoms with E-state index in [1.807, 2.05) is 24.3 Å². The first-order valence-electron chi connectivity index (χ1n) is 6.56.